The average Bonchev–Trinajstić information content (AvgIpc) is 3.29. The standard InChI is InChI=1S/C51H89O13P/c1-3-5-7-9-11-13-15-17-19-21-22-24-26-28-30-32-34-36-38-40-45(53)63-43(42-62-65(59,60)64-51-49(57)47(55)46(54)48(56)50(51)58)41-61-44(52)39-37-35-33-31-29-27-25-23-20-18-16-14-12-10-8-6-4-2/h11,13,17,19,22,24,28,30,34,36,43,46-51,54-58H,3-10,12,14-16,18,20-21,23,25-27,29,31-33,35,37-42H2,1-2H3,(H,59,60)/b13-11+,19-17+,24-22+,30-28+,36-34+/t43-,46?,47-,48?,49?,50?,51?/m1/s1. The van der Waals surface area contributed by atoms with E-state index in [1.54, 1.807) is 0 Å². The number of carbonyl (C=O) groups excluding carboxylic acids is 2. The van der Waals surface area contributed by atoms with Crippen LogP contribution in [0, 0.1) is 0 Å². The van der Waals surface area contributed by atoms with Gasteiger partial charge in [-0.1, -0.05) is 190 Å². The number of allylic oxidation sites excluding steroid dienone is 10. The smallest absolute Gasteiger partial charge is 0.462 e. The van der Waals surface area contributed by atoms with E-state index in [1.807, 2.05) is 18.2 Å². The van der Waals surface area contributed by atoms with Gasteiger partial charge in [0.1, 0.15) is 43.2 Å². The predicted octanol–water partition coefficient (Wildman–Crippen LogP) is 10.5. The molecule has 65 heavy (non-hydrogen) atoms. The third-order valence-electron chi connectivity index (χ3n) is 11.4. The summed E-state index contributed by atoms with van der Waals surface area (Å²) in [4.78, 5) is 35.8. The Balaban J connectivity index is 2.47. The number of hydrogen-bond donors (Lipinski definition) is 6. The Morgan fingerprint density at radius 1 is 0.477 bits per heavy atom. The van der Waals surface area contributed by atoms with Crippen LogP contribution in [0.1, 0.15) is 194 Å². The van der Waals surface area contributed by atoms with Crippen LogP contribution in [0.4, 0.5) is 0 Å². The first-order valence-electron chi connectivity index (χ1n) is 25.1. The molecule has 13 nitrogen and oxygen atoms in total. The number of aliphatic hydroxyl groups excluding tert-OH is 5. The number of carbonyl (C=O) groups is 2. The zero-order valence-electron chi connectivity index (χ0n) is 40.0. The molecule has 14 heteroatoms. The molecule has 376 valence electrons. The molecule has 6 N–H and O–H groups in total. The summed E-state index contributed by atoms with van der Waals surface area (Å²) < 4.78 is 33.5. The minimum atomic E-state index is -5.14. The van der Waals surface area contributed by atoms with E-state index in [0.29, 0.717) is 19.3 Å². The van der Waals surface area contributed by atoms with Crippen LogP contribution in [0.3, 0.4) is 0 Å². The Morgan fingerprint density at radius 3 is 1.32 bits per heavy atom. The number of ether oxygens (including phenoxy) is 2. The van der Waals surface area contributed by atoms with Crippen LogP contribution in [0.2, 0.25) is 0 Å². The van der Waals surface area contributed by atoms with Crippen molar-refractivity contribution in [3.63, 3.8) is 0 Å². The van der Waals surface area contributed by atoms with Crippen LogP contribution >= 0.6 is 7.82 Å². The topological polar surface area (TPSA) is 210 Å². The van der Waals surface area contributed by atoms with E-state index in [2.05, 4.69) is 56.4 Å². The van der Waals surface area contributed by atoms with Crippen molar-refractivity contribution in [2.75, 3.05) is 13.2 Å². The molecule has 6 unspecified atom stereocenters. The summed E-state index contributed by atoms with van der Waals surface area (Å²) in [5, 5.41) is 50.2. The van der Waals surface area contributed by atoms with Crippen molar-refractivity contribution < 1.29 is 63.1 Å². The van der Waals surface area contributed by atoms with Gasteiger partial charge in [0.05, 0.1) is 6.61 Å². The normalized spacial score (nSPS) is 21.9. The molecule has 0 saturated heterocycles. The van der Waals surface area contributed by atoms with E-state index in [1.165, 1.54) is 103 Å². The average molecular weight is 941 g/mol. The van der Waals surface area contributed by atoms with Crippen molar-refractivity contribution in [3.05, 3.63) is 60.8 Å². The second kappa shape index (κ2) is 40.6. The maximum Gasteiger partial charge on any atom is 0.472 e. The summed E-state index contributed by atoms with van der Waals surface area (Å²) in [5.74, 6) is -1.19. The van der Waals surface area contributed by atoms with Crippen molar-refractivity contribution in [2.24, 2.45) is 0 Å². The van der Waals surface area contributed by atoms with Gasteiger partial charge < -0.3 is 39.9 Å². The zero-order chi connectivity index (χ0) is 47.8. The second-order valence-corrected chi connectivity index (χ2v) is 18.7. The van der Waals surface area contributed by atoms with Gasteiger partial charge in [0.25, 0.3) is 0 Å². The van der Waals surface area contributed by atoms with Gasteiger partial charge in [0.15, 0.2) is 6.10 Å². The summed E-state index contributed by atoms with van der Waals surface area (Å²) in [6.45, 7) is 3.23. The molecule has 0 radical (unpaired) electrons. The number of esters is 2. The Bertz CT molecular complexity index is 1370. The first-order valence-corrected chi connectivity index (χ1v) is 26.6. The van der Waals surface area contributed by atoms with Gasteiger partial charge in [0, 0.05) is 12.8 Å². The maximum absolute atomic E-state index is 12.8. The molecule has 0 heterocycles. The highest BCUT2D eigenvalue weighted by Crippen LogP contribution is 2.47. The summed E-state index contributed by atoms with van der Waals surface area (Å²) in [7, 11) is -5.14. The molecular weight excluding hydrogens is 852 g/mol. The quantitative estimate of drug-likeness (QED) is 0.0146. The molecule has 1 aliphatic carbocycles. The van der Waals surface area contributed by atoms with Gasteiger partial charge in [-0.3, -0.25) is 18.6 Å². The number of phosphoric acid groups is 1. The zero-order valence-corrected chi connectivity index (χ0v) is 40.9. The Labute approximate surface area is 392 Å². The van der Waals surface area contributed by atoms with Gasteiger partial charge in [-0.25, -0.2) is 4.57 Å². The first-order chi connectivity index (χ1) is 31.4. The molecule has 0 bridgehead atoms. The number of phosphoric ester groups is 1. The van der Waals surface area contributed by atoms with Crippen LogP contribution in [-0.4, -0.2) is 98.3 Å². The predicted molar refractivity (Wildman–Crippen MR) is 258 cm³/mol. The van der Waals surface area contributed by atoms with Gasteiger partial charge in [-0.15, -0.1) is 0 Å². The van der Waals surface area contributed by atoms with Gasteiger partial charge >= 0.3 is 19.8 Å². The van der Waals surface area contributed by atoms with Crippen LogP contribution in [0.5, 0.6) is 0 Å². The lowest BCUT2D eigenvalue weighted by molar-refractivity contribution is -0.220. The number of aliphatic hydroxyl groups is 5. The van der Waals surface area contributed by atoms with Gasteiger partial charge in [-0.05, 0) is 51.4 Å². The van der Waals surface area contributed by atoms with Crippen LogP contribution < -0.4 is 0 Å². The second-order valence-electron chi connectivity index (χ2n) is 17.3. The van der Waals surface area contributed by atoms with Gasteiger partial charge in [0.2, 0.25) is 0 Å². The molecule has 0 aromatic carbocycles. The van der Waals surface area contributed by atoms with Crippen LogP contribution in [-0.2, 0) is 32.7 Å². The SMILES string of the molecule is CCCCC/C=C/C/C=C/C/C=C/C/C=C/C/C=C/CCC(=O)O[C@H](COC(=O)CCCCCCCCCCCCCCCCCCC)COP(=O)(O)OC1C(O)C(O)C(O)[C@@H](O)C1O. The molecule has 1 aliphatic rings. The number of rotatable bonds is 41. The molecular formula is C51H89O13P. The molecule has 0 aliphatic heterocycles. The lowest BCUT2D eigenvalue weighted by atomic mass is 9.85. The van der Waals surface area contributed by atoms with Crippen molar-refractivity contribution in [1.29, 1.82) is 0 Å². The highest BCUT2D eigenvalue weighted by molar-refractivity contribution is 7.47. The van der Waals surface area contributed by atoms with Crippen molar-refractivity contribution in [2.45, 2.75) is 236 Å². The highest BCUT2D eigenvalue weighted by Gasteiger charge is 2.51. The number of hydrogen-bond acceptors (Lipinski definition) is 12. The van der Waals surface area contributed by atoms with Crippen molar-refractivity contribution in [1.82, 2.24) is 0 Å². The lowest BCUT2D eigenvalue weighted by Gasteiger charge is -2.41. The molecule has 0 spiro atoms. The van der Waals surface area contributed by atoms with E-state index < -0.39 is 75.7 Å². The summed E-state index contributed by atoms with van der Waals surface area (Å²) in [5.41, 5.74) is 0. The Morgan fingerprint density at radius 2 is 0.862 bits per heavy atom. The molecule has 0 aromatic heterocycles. The lowest BCUT2D eigenvalue weighted by Crippen LogP contribution is -2.64. The Hall–Kier alpha value is -2.45. The summed E-state index contributed by atoms with van der Waals surface area (Å²) in [6.07, 6.45) is 37.1. The molecule has 0 amide bonds. The third kappa shape index (κ3) is 32.8. The van der Waals surface area contributed by atoms with Crippen molar-refractivity contribution in [3.8, 4) is 0 Å². The first kappa shape index (κ1) is 60.6. The van der Waals surface area contributed by atoms with Gasteiger partial charge in [-0.2, -0.15) is 0 Å². The van der Waals surface area contributed by atoms with Crippen LogP contribution in [0.25, 0.3) is 0 Å². The summed E-state index contributed by atoms with van der Waals surface area (Å²) >= 11 is 0. The maximum atomic E-state index is 12.8. The van der Waals surface area contributed by atoms with E-state index in [4.69, 9.17) is 18.5 Å². The van der Waals surface area contributed by atoms with Crippen LogP contribution in [0.15, 0.2) is 60.8 Å². The molecule has 1 fully saturated rings. The molecule has 0 aromatic rings. The monoisotopic (exact) mass is 941 g/mol. The minimum absolute atomic E-state index is 0.0271. The highest BCUT2D eigenvalue weighted by atomic mass is 31.2. The largest absolute Gasteiger partial charge is 0.472 e. The van der Waals surface area contributed by atoms with E-state index in [0.717, 1.165) is 44.9 Å². The molecule has 1 saturated carbocycles. The fraction of sp³-hybridized carbons (Fsp3) is 0.765. The molecule has 8 atom stereocenters. The van der Waals surface area contributed by atoms with Crippen molar-refractivity contribution >= 4 is 19.8 Å². The number of unbranched alkanes of at least 4 members (excludes halogenated alkanes) is 19. The van der Waals surface area contributed by atoms with E-state index in [-0.39, 0.29) is 12.8 Å². The summed E-state index contributed by atoms with van der Waals surface area (Å²) in [6, 6.07) is 0. The minimum Gasteiger partial charge on any atom is -0.462 e. The fourth-order valence-corrected chi connectivity index (χ4v) is 8.30. The Kier molecular flexibility index (Phi) is 37.8. The van der Waals surface area contributed by atoms with E-state index in [9.17, 15) is 44.6 Å². The molecule has 1 rings (SSSR count). The fourth-order valence-electron chi connectivity index (χ4n) is 7.33. The third-order valence-corrected chi connectivity index (χ3v) is 12.4. The van der Waals surface area contributed by atoms with E-state index >= 15 is 0 Å².